The van der Waals surface area contributed by atoms with Gasteiger partial charge in [-0.1, -0.05) is 13.8 Å². The van der Waals surface area contributed by atoms with Gasteiger partial charge in [-0.15, -0.1) is 0 Å². The summed E-state index contributed by atoms with van der Waals surface area (Å²) in [5.41, 5.74) is 0.888. The number of rotatable bonds is 5. The topological polar surface area (TPSA) is 133 Å². The van der Waals surface area contributed by atoms with Gasteiger partial charge in [0.2, 0.25) is 17.7 Å². The van der Waals surface area contributed by atoms with E-state index < -0.39 is 12.1 Å². The molecule has 2 saturated heterocycles. The molecule has 0 saturated carbocycles. The molecule has 0 radical (unpaired) electrons. The quantitative estimate of drug-likeness (QED) is 0.638. The van der Waals surface area contributed by atoms with Gasteiger partial charge >= 0.3 is 12.1 Å². The van der Waals surface area contributed by atoms with E-state index in [1.54, 1.807) is 17.0 Å². The van der Waals surface area contributed by atoms with Crippen LogP contribution in [0.3, 0.4) is 0 Å². The zero-order chi connectivity index (χ0) is 25.2. The fraction of sp³-hybridized carbons (Fsp3) is 0.417. The van der Waals surface area contributed by atoms with E-state index in [-0.39, 0.29) is 41.5 Å². The van der Waals surface area contributed by atoms with Crippen LogP contribution in [0.1, 0.15) is 42.7 Å². The number of carboxylic acid groups (broad SMARTS) is 1. The fourth-order valence-corrected chi connectivity index (χ4v) is 4.15. The van der Waals surface area contributed by atoms with Crippen molar-refractivity contribution >= 4 is 29.6 Å². The minimum Gasteiger partial charge on any atom is -0.478 e. The van der Waals surface area contributed by atoms with E-state index in [1.807, 2.05) is 13.8 Å². The predicted octanol–water partition coefficient (Wildman–Crippen LogP) is 2.17. The number of pyridine rings is 2. The first kappa shape index (κ1) is 24.3. The summed E-state index contributed by atoms with van der Waals surface area (Å²) in [6, 6.07) is 6.22. The van der Waals surface area contributed by atoms with Crippen molar-refractivity contribution in [2.24, 2.45) is 5.41 Å². The van der Waals surface area contributed by atoms with Crippen LogP contribution in [0, 0.1) is 5.41 Å². The van der Waals surface area contributed by atoms with E-state index in [0.717, 1.165) is 10.6 Å². The molecule has 184 valence electrons. The Kier molecular flexibility index (Phi) is 6.79. The Bertz CT molecular complexity index is 1100. The summed E-state index contributed by atoms with van der Waals surface area (Å²) in [6.45, 7) is 6.45. The number of piperazine rings is 1. The van der Waals surface area contributed by atoms with Crippen LogP contribution in [-0.4, -0.2) is 74.9 Å². The summed E-state index contributed by atoms with van der Waals surface area (Å²) in [5.74, 6) is -1.48. The molecule has 0 unspecified atom stereocenters. The van der Waals surface area contributed by atoms with Crippen molar-refractivity contribution < 1.29 is 29.0 Å². The lowest BCUT2D eigenvalue weighted by Crippen LogP contribution is -2.49. The molecule has 35 heavy (non-hydrogen) atoms. The first-order valence-corrected chi connectivity index (χ1v) is 11.3. The lowest BCUT2D eigenvalue weighted by molar-refractivity contribution is -0.132. The van der Waals surface area contributed by atoms with Crippen LogP contribution in [0.4, 0.5) is 10.5 Å². The first-order valence-electron chi connectivity index (χ1n) is 11.3. The van der Waals surface area contributed by atoms with Crippen molar-refractivity contribution in [3.63, 3.8) is 0 Å². The van der Waals surface area contributed by atoms with Crippen LogP contribution < -0.4 is 9.64 Å². The highest BCUT2D eigenvalue weighted by Crippen LogP contribution is 2.34. The van der Waals surface area contributed by atoms with Gasteiger partial charge in [-0.2, -0.15) is 0 Å². The van der Waals surface area contributed by atoms with Gasteiger partial charge in [-0.05, 0) is 23.6 Å². The van der Waals surface area contributed by atoms with Crippen molar-refractivity contribution in [3.8, 4) is 5.88 Å². The molecule has 11 heteroatoms. The predicted molar refractivity (Wildman–Crippen MR) is 124 cm³/mol. The summed E-state index contributed by atoms with van der Waals surface area (Å²) in [5, 5.41) is 8.96. The van der Waals surface area contributed by atoms with Gasteiger partial charge in [-0.25, -0.2) is 19.5 Å². The maximum atomic E-state index is 12.6. The van der Waals surface area contributed by atoms with Gasteiger partial charge in [0.15, 0.2) is 0 Å². The molecular formula is C24H27N5O6. The zero-order valence-electron chi connectivity index (χ0n) is 19.6. The number of aromatic nitrogens is 2. The summed E-state index contributed by atoms with van der Waals surface area (Å²) in [6.07, 6.45) is 2.70. The van der Waals surface area contributed by atoms with E-state index in [4.69, 9.17) is 9.84 Å². The molecule has 2 aliphatic heterocycles. The number of ether oxygens (including phenoxy) is 1. The number of amides is 3. The Morgan fingerprint density at radius 2 is 1.66 bits per heavy atom. The molecule has 1 N–H and O–H groups in total. The van der Waals surface area contributed by atoms with Crippen LogP contribution in [0.2, 0.25) is 0 Å². The van der Waals surface area contributed by atoms with Gasteiger partial charge in [-0.3, -0.25) is 19.5 Å². The normalized spacial score (nSPS) is 18.5. The molecular weight excluding hydrogens is 454 g/mol. The molecule has 0 spiro atoms. The van der Waals surface area contributed by atoms with Gasteiger partial charge in [0.1, 0.15) is 0 Å². The molecule has 4 heterocycles. The first-order chi connectivity index (χ1) is 16.6. The van der Waals surface area contributed by atoms with Crippen molar-refractivity contribution in [3.05, 3.63) is 47.9 Å². The number of anilines is 1. The molecule has 3 amide bonds. The molecule has 0 bridgehead atoms. The van der Waals surface area contributed by atoms with Crippen molar-refractivity contribution in [1.29, 1.82) is 0 Å². The summed E-state index contributed by atoms with van der Waals surface area (Å²) in [7, 11) is 0. The van der Waals surface area contributed by atoms with Crippen LogP contribution in [0.15, 0.2) is 36.7 Å². The lowest BCUT2D eigenvalue weighted by Gasteiger charge is -2.34. The molecule has 0 aliphatic carbocycles. The fourth-order valence-electron chi connectivity index (χ4n) is 4.15. The molecule has 2 fully saturated rings. The van der Waals surface area contributed by atoms with Gasteiger partial charge in [0.05, 0.1) is 23.1 Å². The number of carboxylic acids is 1. The second-order valence-electron chi connectivity index (χ2n) is 9.47. The number of carbonyl (C=O) groups excluding carboxylic acids is 3. The summed E-state index contributed by atoms with van der Waals surface area (Å²) in [4.78, 5) is 61.5. The van der Waals surface area contributed by atoms with E-state index >= 15 is 0 Å². The monoisotopic (exact) mass is 481 g/mol. The third-order valence-corrected chi connectivity index (χ3v) is 6.02. The van der Waals surface area contributed by atoms with Gasteiger partial charge in [0.25, 0.3) is 0 Å². The molecule has 2 aliphatic rings. The van der Waals surface area contributed by atoms with Crippen molar-refractivity contribution in [1.82, 2.24) is 19.8 Å². The van der Waals surface area contributed by atoms with Crippen molar-refractivity contribution in [2.75, 3.05) is 31.1 Å². The molecule has 0 aromatic carbocycles. The highest BCUT2D eigenvalue weighted by atomic mass is 16.6. The molecule has 2 aromatic rings. The number of aromatic carboxylic acids is 1. The lowest BCUT2D eigenvalue weighted by atomic mass is 9.81. The maximum Gasteiger partial charge on any atom is 0.416 e. The van der Waals surface area contributed by atoms with E-state index in [1.165, 1.54) is 24.5 Å². The highest BCUT2D eigenvalue weighted by molar-refractivity contribution is 6.16. The van der Waals surface area contributed by atoms with Gasteiger partial charge in [0, 0.05) is 57.8 Å². The minimum absolute atomic E-state index is 0.0844. The standard InChI is InChI=1S/C24H27N5O6/c1-24(2)11-20(30)29(21(31)12-24)18-5-6-19(26-14-18)35-23(34)28-9-7-27(8-10-28)15-17-4-3-16(13-25-17)22(32)33/h3-6,13-14H,7-12,15H2,1-2H3,(H,32,33). The Hall–Kier alpha value is -3.86. The van der Waals surface area contributed by atoms with Crippen LogP contribution in [0.5, 0.6) is 5.88 Å². The van der Waals surface area contributed by atoms with E-state index in [2.05, 4.69) is 14.9 Å². The Balaban J connectivity index is 1.28. The Labute approximate surface area is 202 Å². The Morgan fingerprint density at radius 1 is 0.971 bits per heavy atom. The second-order valence-corrected chi connectivity index (χ2v) is 9.47. The third kappa shape index (κ3) is 5.80. The number of piperidine rings is 1. The average Bonchev–Trinajstić information content (AvgIpc) is 2.80. The second kappa shape index (κ2) is 9.79. The van der Waals surface area contributed by atoms with Crippen LogP contribution in [-0.2, 0) is 16.1 Å². The van der Waals surface area contributed by atoms with Crippen LogP contribution >= 0.6 is 0 Å². The zero-order valence-corrected chi connectivity index (χ0v) is 19.6. The number of carbonyl (C=O) groups is 4. The van der Waals surface area contributed by atoms with Crippen LogP contribution in [0.25, 0.3) is 0 Å². The van der Waals surface area contributed by atoms with E-state index in [0.29, 0.717) is 38.4 Å². The summed E-state index contributed by atoms with van der Waals surface area (Å²) < 4.78 is 5.37. The van der Waals surface area contributed by atoms with E-state index in [9.17, 15) is 19.2 Å². The largest absolute Gasteiger partial charge is 0.478 e. The molecule has 2 aromatic heterocycles. The maximum absolute atomic E-state index is 12.6. The smallest absolute Gasteiger partial charge is 0.416 e. The van der Waals surface area contributed by atoms with Gasteiger partial charge < -0.3 is 14.7 Å². The number of nitrogens with zero attached hydrogens (tertiary/aromatic N) is 5. The summed E-state index contributed by atoms with van der Waals surface area (Å²) >= 11 is 0. The molecule has 0 atom stereocenters. The number of hydrogen-bond donors (Lipinski definition) is 1. The average molecular weight is 482 g/mol. The van der Waals surface area contributed by atoms with Crippen molar-refractivity contribution in [2.45, 2.75) is 33.2 Å². The highest BCUT2D eigenvalue weighted by Gasteiger charge is 2.38. The third-order valence-electron chi connectivity index (χ3n) is 6.02. The Morgan fingerprint density at radius 3 is 2.20 bits per heavy atom. The SMILES string of the molecule is CC1(C)CC(=O)N(c2ccc(OC(=O)N3CCN(Cc4ccc(C(=O)O)cn4)CC3)nc2)C(=O)C1. The number of imide groups is 1. The number of hydrogen-bond acceptors (Lipinski definition) is 8. The molecule has 4 rings (SSSR count). The molecule has 11 nitrogen and oxygen atoms in total. The minimum atomic E-state index is -1.02.